The number of likely N-dealkylation sites (tertiary alicyclic amines) is 1. The highest BCUT2D eigenvalue weighted by atomic mass is 16.5. The van der Waals surface area contributed by atoms with Crippen LogP contribution in [0.25, 0.3) is 6.08 Å². The molecule has 1 aromatic rings. The lowest BCUT2D eigenvalue weighted by atomic mass is 9.72. The molecule has 0 aromatic carbocycles. The first-order valence-corrected chi connectivity index (χ1v) is 8.48. The van der Waals surface area contributed by atoms with Crippen LogP contribution < -0.4 is 0 Å². The molecule has 0 bridgehead atoms. The van der Waals surface area contributed by atoms with E-state index in [1.807, 2.05) is 24.1 Å². The normalized spacial score (nSPS) is 23.5. The summed E-state index contributed by atoms with van der Waals surface area (Å²) in [6, 6.07) is 1.90. The summed E-state index contributed by atoms with van der Waals surface area (Å²) >= 11 is 0. The van der Waals surface area contributed by atoms with Crippen LogP contribution in [0.4, 0.5) is 0 Å². The molecule has 3 heterocycles. The molecule has 1 aromatic heterocycles. The fourth-order valence-electron chi connectivity index (χ4n) is 3.46. The van der Waals surface area contributed by atoms with Gasteiger partial charge in [-0.1, -0.05) is 0 Å². The van der Waals surface area contributed by atoms with E-state index in [4.69, 9.17) is 4.74 Å². The van der Waals surface area contributed by atoms with Gasteiger partial charge in [0.2, 0.25) is 5.91 Å². The topological polar surface area (TPSA) is 47.4 Å². The van der Waals surface area contributed by atoms with Crippen LogP contribution in [0.15, 0.2) is 18.3 Å². The van der Waals surface area contributed by atoms with Crippen molar-refractivity contribution in [1.29, 1.82) is 0 Å². The van der Waals surface area contributed by atoms with E-state index in [0.717, 1.165) is 44.7 Å². The van der Waals surface area contributed by atoms with E-state index in [1.165, 1.54) is 6.42 Å². The zero-order valence-electron chi connectivity index (χ0n) is 14.4. The number of piperidine rings is 1. The van der Waals surface area contributed by atoms with E-state index < -0.39 is 0 Å². The van der Waals surface area contributed by atoms with Gasteiger partial charge in [-0.15, -0.1) is 0 Å². The molecule has 1 spiro atoms. The maximum absolute atomic E-state index is 12.4. The number of hydrogen-bond acceptors (Lipinski definition) is 3. The lowest BCUT2D eigenvalue weighted by Gasteiger charge is -2.47. The quantitative estimate of drug-likeness (QED) is 0.788. The molecule has 0 N–H and O–H groups in total. The van der Waals surface area contributed by atoms with E-state index in [2.05, 4.69) is 18.9 Å². The van der Waals surface area contributed by atoms with Crippen molar-refractivity contribution in [2.75, 3.05) is 19.7 Å². The van der Waals surface area contributed by atoms with Crippen LogP contribution in [0.3, 0.4) is 0 Å². The largest absolute Gasteiger partial charge is 0.375 e. The van der Waals surface area contributed by atoms with E-state index in [1.54, 1.807) is 17.0 Å². The minimum atomic E-state index is 0.0179. The van der Waals surface area contributed by atoms with Gasteiger partial charge >= 0.3 is 0 Å². The van der Waals surface area contributed by atoms with Crippen LogP contribution in [0.1, 0.15) is 45.2 Å². The van der Waals surface area contributed by atoms with Crippen molar-refractivity contribution in [2.24, 2.45) is 12.5 Å². The third-order valence-corrected chi connectivity index (χ3v) is 5.42. The molecule has 2 saturated heterocycles. The lowest BCUT2D eigenvalue weighted by Crippen LogP contribution is -2.49. The van der Waals surface area contributed by atoms with Gasteiger partial charge in [0.25, 0.3) is 0 Å². The van der Waals surface area contributed by atoms with E-state index in [-0.39, 0.29) is 16.9 Å². The molecule has 0 atom stereocenters. The van der Waals surface area contributed by atoms with E-state index in [0.29, 0.717) is 0 Å². The molecule has 126 valence electrons. The van der Waals surface area contributed by atoms with Crippen LogP contribution in [0, 0.1) is 5.41 Å². The first kappa shape index (κ1) is 16.2. The molecular weight excluding hydrogens is 290 g/mol. The Morgan fingerprint density at radius 3 is 2.57 bits per heavy atom. The molecule has 1 amide bonds. The van der Waals surface area contributed by atoms with Crippen LogP contribution >= 0.6 is 0 Å². The molecule has 23 heavy (non-hydrogen) atoms. The highest BCUT2D eigenvalue weighted by molar-refractivity contribution is 5.91. The summed E-state index contributed by atoms with van der Waals surface area (Å²) < 4.78 is 7.80. The second-order valence-electron chi connectivity index (χ2n) is 7.59. The summed E-state index contributed by atoms with van der Waals surface area (Å²) in [5.74, 6) is 0.0955. The predicted molar refractivity (Wildman–Crippen MR) is 89.8 cm³/mol. The first-order chi connectivity index (χ1) is 10.9. The van der Waals surface area contributed by atoms with Crippen LogP contribution in [-0.4, -0.2) is 45.9 Å². The summed E-state index contributed by atoms with van der Waals surface area (Å²) in [6.45, 7) is 6.84. The number of aromatic nitrogens is 2. The summed E-state index contributed by atoms with van der Waals surface area (Å²) in [4.78, 5) is 14.3. The SMILES string of the molecule is Cn1nccc1/C=C/C(=O)N1CCC2(CC1)CCC(C)(C)OC2. The van der Waals surface area contributed by atoms with Crippen molar-refractivity contribution in [3.8, 4) is 0 Å². The summed E-state index contributed by atoms with van der Waals surface area (Å²) in [5.41, 5.74) is 1.25. The number of hydrogen-bond donors (Lipinski definition) is 0. The summed E-state index contributed by atoms with van der Waals surface area (Å²) in [6.07, 6.45) is 9.66. The van der Waals surface area contributed by atoms with Gasteiger partial charge in [-0.25, -0.2) is 0 Å². The molecule has 5 nitrogen and oxygen atoms in total. The summed E-state index contributed by atoms with van der Waals surface area (Å²) in [7, 11) is 1.87. The molecule has 3 rings (SSSR count). The number of nitrogens with zero attached hydrogens (tertiary/aromatic N) is 3. The maximum Gasteiger partial charge on any atom is 0.246 e. The minimum Gasteiger partial charge on any atom is -0.375 e. The Kier molecular flexibility index (Phi) is 4.32. The molecular formula is C18H27N3O2. The van der Waals surface area contributed by atoms with Crippen LogP contribution in [0.5, 0.6) is 0 Å². The van der Waals surface area contributed by atoms with Gasteiger partial charge in [-0.05, 0) is 57.1 Å². The van der Waals surface area contributed by atoms with Crippen LogP contribution in [-0.2, 0) is 16.6 Å². The van der Waals surface area contributed by atoms with E-state index >= 15 is 0 Å². The first-order valence-electron chi connectivity index (χ1n) is 8.48. The molecule has 0 saturated carbocycles. The Balaban J connectivity index is 1.54. The molecule has 2 fully saturated rings. The van der Waals surface area contributed by atoms with Crippen molar-refractivity contribution in [3.05, 3.63) is 24.0 Å². The standard InChI is InChI=1S/C18H27N3O2/c1-17(2)7-8-18(14-23-17)9-12-21(13-10-18)16(22)5-4-15-6-11-19-20(15)3/h4-6,11H,7-10,12-14H2,1-3H3/b5-4+. The highest BCUT2D eigenvalue weighted by Crippen LogP contribution is 2.43. The van der Waals surface area contributed by atoms with Gasteiger partial charge in [-0.2, -0.15) is 5.10 Å². The molecule has 0 radical (unpaired) electrons. The maximum atomic E-state index is 12.4. The average Bonchev–Trinajstić information content (AvgIpc) is 2.94. The fraction of sp³-hybridized carbons (Fsp3) is 0.667. The zero-order valence-corrected chi connectivity index (χ0v) is 14.4. The third kappa shape index (κ3) is 3.66. The Labute approximate surface area is 138 Å². The Morgan fingerprint density at radius 2 is 2.00 bits per heavy atom. The molecule has 0 unspecified atom stereocenters. The fourth-order valence-corrected chi connectivity index (χ4v) is 3.46. The van der Waals surface area contributed by atoms with Gasteiger partial charge < -0.3 is 9.64 Å². The molecule has 2 aliphatic heterocycles. The van der Waals surface area contributed by atoms with Gasteiger partial charge in [0.05, 0.1) is 17.9 Å². The van der Waals surface area contributed by atoms with Crippen molar-refractivity contribution in [3.63, 3.8) is 0 Å². The van der Waals surface area contributed by atoms with Crippen molar-refractivity contribution >= 4 is 12.0 Å². The van der Waals surface area contributed by atoms with Crippen molar-refractivity contribution in [1.82, 2.24) is 14.7 Å². The number of aryl methyl sites for hydroxylation is 1. The molecule has 5 heteroatoms. The van der Waals surface area contributed by atoms with Gasteiger partial charge in [0.1, 0.15) is 0 Å². The van der Waals surface area contributed by atoms with Gasteiger partial charge in [0, 0.05) is 32.4 Å². The third-order valence-electron chi connectivity index (χ3n) is 5.42. The average molecular weight is 317 g/mol. The van der Waals surface area contributed by atoms with Gasteiger partial charge in [0.15, 0.2) is 0 Å². The van der Waals surface area contributed by atoms with Gasteiger partial charge in [-0.3, -0.25) is 9.48 Å². The van der Waals surface area contributed by atoms with Crippen molar-refractivity contribution < 1.29 is 9.53 Å². The second kappa shape index (κ2) is 6.11. The minimum absolute atomic E-state index is 0.0179. The monoisotopic (exact) mass is 317 g/mol. The number of ether oxygens (including phenoxy) is 1. The molecule has 0 aliphatic carbocycles. The Bertz CT molecular complexity index is 583. The molecule has 2 aliphatic rings. The second-order valence-corrected chi connectivity index (χ2v) is 7.59. The predicted octanol–water partition coefficient (Wildman–Crippen LogP) is 2.63. The summed E-state index contributed by atoms with van der Waals surface area (Å²) in [5, 5.41) is 4.10. The lowest BCUT2D eigenvalue weighted by molar-refractivity contribution is -0.141. The highest BCUT2D eigenvalue weighted by Gasteiger charge is 2.41. The van der Waals surface area contributed by atoms with Crippen LogP contribution in [0.2, 0.25) is 0 Å². The smallest absolute Gasteiger partial charge is 0.246 e. The number of rotatable bonds is 2. The number of carbonyl (C=O) groups is 1. The number of carbonyl (C=O) groups excluding carboxylic acids is 1. The van der Waals surface area contributed by atoms with E-state index in [9.17, 15) is 4.79 Å². The zero-order chi connectivity index (χ0) is 16.5. The Morgan fingerprint density at radius 1 is 1.26 bits per heavy atom. The van der Waals surface area contributed by atoms with Crippen molar-refractivity contribution in [2.45, 2.75) is 45.1 Å². The number of amides is 1. The Hall–Kier alpha value is -1.62.